The SMILES string of the molecule is Cc1ccc(C2=NN(C(=O)CSc3nnc(Cc4cccs4)n3C)[C@H](c3ccco3)C2)cc1. The average molecular weight is 478 g/mol. The molecule has 0 spiro atoms. The van der Waals surface area contributed by atoms with Crippen LogP contribution < -0.4 is 0 Å². The fraction of sp³-hybridized carbons (Fsp3) is 0.250. The number of hydrogen-bond acceptors (Lipinski definition) is 7. The predicted octanol–water partition coefficient (Wildman–Crippen LogP) is 4.84. The Bertz CT molecular complexity index is 1260. The first-order chi connectivity index (χ1) is 16.1. The van der Waals surface area contributed by atoms with E-state index in [0.717, 1.165) is 29.3 Å². The Morgan fingerprint density at radius 2 is 2.03 bits per heavy atom. The normalized spacial score (nSPS) is 15.8. The van der Waals surface area contributed by atoms with Crippen molar-refractivity contribution in [2.24, 2.45) is 12.1 Å². The van der Waals surface area contributed by atoms with Crippen molar-refractivity contribution in [1.29, 1.82) is 0 Å². The molecule has 0 aliphatic carbocycles. The quantitative estimate of drug-likeness (QED) is 0.356. The van der Waals surface area contributed by atoms with Crippen molar-refractivity contribution in [3.8, 4) is 0 Å². The van der Waals surface area contributed by atoms with E-state index >= 15 is 0 Å². The molecule has 3 aromatic heterocycles. The number of hydrogen-bond donors (Lipinski definition) is 0. The van der Waals surface area contributed by atoms with Gasteiger partial charge in [0.05, 0.1) is 17.7 Å². The van der Waals surface area contributed by atoms with E-state index in [4.69, 9.17) is 9.52 Å². The van der Waals surface area contributed by atoms with Crippen molar-refractivity contribution in [1.82, 2.24) is 19.8 Å². The molecule has 168 valence electrons. The summed E-state index contributed by atoms with van der Waals surface area (Å²) in [7, 11) is 1.94. The maximum Gasteiger partial charge on any atom is 0.253 e. The van der Waals surface area contributed by atoms with E-state index in [-0.39, 0.29) is 17.7 Å². The van der Waals surface area contributed by atoms with Crippen LogP contribution in [-0.2, 0) is 18.3 Å². The summed E-state index contributed by atoms with van der Waals surface area (Å²) in [4.78, 5) is 14.5. The van der Waals surface area contributed by atoms with Crippen LogP contribution in [0.15, 0.2) is 74.8 Å². The van der Waals surface area contributed by atoms with Crippen molar-refractivity contribution in [3.63, 3.8) is 0 Å². The highest BCUT2D eigenvalue weighted by molar-refractivity contribution is 7.99. The van der Waals surface area contributed by atoms with E-state index in [1.165, 1.54) is 22.2 Å². The maximum atomic E-state index is 13.2. The van der Waals surface area contributed by atoms with Gasteiger partial charge in [0.15, 0.2) is 5.16 Å². The lowest BCUT2D eigenvalue weighted by atomic mass is 10.0. The number of carbonyl (C=O) groups is 1. The molecule has 1 amide bonds. The number of benzene rings is 1. The van der Waals surface area contributed by atoms with Crippen molar-refractivity contribution in [3.05, 3.63) is 87.8 Å². The maximum absolute atomic E-state index is 13.2. The summed E-state index contributed by atoms with van der Waals surface area (Å²) in [6.45, 7) is 2.05. The summed E-state index contributed by atoms with van der Waals surface area (Å²) < 4.78 is 7.59. The molecule has 7 nitrogen and oxygen atoms in total. The van der Waals surface area contributed by atoms with Crippen molar-refractivity contribution in [2.45, 2.75) is 31.0 Å². The molecule has 0 fully saturated rings. The van der Waals surface area contributed by atoms with Crippen molar-refractivity contribution in [2.75, 3.05) is 5.75 Å². The highest BCUT2D eigenvalue weighted by atomic mass is 32.2. The first-order valence-electron chi connectivity index (χ1n) is 10.6. The molecule has 4 aromatic rings. The number of amides is 1. The van der Waals surface area contributed by atoms with Gasteiger partial charge < -0.3 is 8.98 Å². The van der Waals surface area contributed by atoms with E-state index in [1.54, 1.807) is 22.6 Å². The number of hydrazone groups is 1. The van der Waals surface area contributed by atoms with Crippen molar-refractivity contribution >= 4 is 34.7 Å². The van der Waals surface area contributed by atoms with Crippen LogP contribution in [0.5, 0.6) is 0 Å². The molecule has 1 atom stereocenters. The fourth-order valence-electron chi connectivity index (χ4n) is 3.75. The Morgan fingerprint density at radius 1 is 1.18 bits per heavy atom. The fourth-order valence-corrected chi connectivity index (χ4v) is 5.23. The summed E-state index contributed by atoms with van der Waals surface area (Å²) >= 11 is 3.07. The predicted molar refractivity (Wildman–Crippen MR) is 129 cm³/mol. The third-order valence-electron chi connectivity index (χ3n) is 5.58. The van der Waals surface area contributed by atoms with E-state index in [2.05, 4.69) is 40.7 Å². The lowest BCUT2D eigenvalue weighted by Crippen LogP contribution is -2.28. The van der Waals surface area contributed by atoms with Gasteiger partial charge in [-0.3, -0.25) is 4.79 Å². The summed E-state index contributed by atoms with van der Waals surface area (Å²) in [5.74, 6) is 1.73. The summed E-state index contributed by atoms with van der Waals surface area (Å²) in [6, 6.07) is 15.8. The van der Waals surface area contributed by atoms with Gasteiger partial charge in [-0.05, 0) is 36.1 Å². The van der Waals surface area contributed by atoms with Crippen LogP contribution >= 0.6 is 23.1 Å². The van der Waals surface area contributed by atoms with E-state index in [0.29, 0.717) is 11.6 Å². The summed E-state index contributed by atoms with van der Waals surface area (Å²) in [5.41, 5.74) is 3.09. The second kappa shape index (κ2) is 9.36. The third kappa shape index (κ3) is 4.65. The van der Waals surface area contributed by atoms with Crippen LogP contribution in [0.3, 0.4) is 0 Å². The number of rotatable bonds is 7. The molecule has 1 aliphatic rings. The zero-order valence-electron chi connectivity index (χ0n) is 18.3. The first-order valence-corrected chi connectivity index (χ1v) is 12.5. The summed E-state index contributed by atoms with van der Waals surface area (Å²) in [6.07, 6.45) is 2.97. The standard InChI is InChI=1S/C24H23N5O2S2/c1-16-7-9-17(10-8-16)19-14-20(21-6-3-11-31-21)29(27-19)23(30)15-33-24-26-25-22(28(24)2)13-18-5-4-12-32-18/h3-12,20H,13-15H2,1-2H3/t20-/m0/s1. The van der Waals surface area contributed by atoms with Gasteiger partial charge in [-0.2, -0.15) is 5.10 Å². The second-order valence-electron chi connectivity index (χ2n) is 7.89. The van der Waals surface area contributed by atoms with Gasteiger partial charge in [0.25, 0.3) is 5.91 Å². The molecule has 0 unspecified atom stereocenters. The van der Waals surface area contributed by atoms with E-state index < -0.39 is 0 Å². The van der Waals surface area contributed by atoms with Crippen molar-refractivity contribution < 1.29 is 9.21 Å². The minimum absolute atomic E-state index is 0.0914. The molecular weight excluding hydrogens is 454 g/mol. The lowest BCUT2D eigenvalue weighted by Gasteiger charge is -2.19. The second-order valence-corrected chi connectivity index (χ2v) is 9.86. The molecule has 1 aliphatic heterocycles. The smallest absolute Gasteiger partial charge is 0.253 e. The molecule has 0 N–H and O–H groups in total. The van der Waals surface area contributed by atoms with Crippen LogP contribution in [0.4, 0.5) is 0 Å². The van der Waals surface area contributed by atoms with Crippen LogP contribution in [0.2, 0.25) is 0 Å². The molecule has 0 saturated heterocycles. The van der Waals surface area contributed by atoms with Gasteiger partial charge in [0.1, 0.15) is 17.6 Å². The number of thioether (sulfide) groups is 1. The first kappa shape index (κ1) is 21.7. The molecular formula is C24H23N5O2S2. The Morgan fingerprint density at radius 3 is 2.76 bits per heavy atom. The van der Waals surface area contributed by atoms with Crippen LogP contribution in [0.1, 0.15) is 40.1 Å². The monoisotopic (exact) mass is 477 g/mol. The van der Waals surface area contributed by atoms with Gasteiger partial charge in [-0.15, -0.1) is 21.5 Å². The molecule has 1 aromatic carbocycles. The number of furan rings is 1. The van der Waals surface area contributed by atoms with Gasteiger partial charge >= 0.3 is 0 Å². The molecule has 0 saturated carbocycles. The number of carbonyl (C=O) groups excluding carboxylic acids is 1. The minimum Gasteiger partial charge on any atom is -0.467 e. The zero-order valence-corrected chi connectivity index (χ0v) is 20.0. The lowest BCUT2D eigenvalue weighted by molar-refractivity contribution is -0.130. The molecule has 5 rings (SSSR count). The van der Waals surface area contributed by atoms with E-state index in [1.807, 2.05) is 41.9 Å². The van der Waals surface area contributed by atoms with Crippen LogP contribution in [-0.4, -0.2) is 37.1 Å². The Hall–Kier alpha value is -3.17. The molecule has 33 heavy (non-hydrogen) atoms. The van der Waals surface area contributed by atoms with Gasteiger partial charge in [0, 0.05) is 24.8 Å². The molecule has 9 heteroatoms. The zero-order chi connectivity index (χ0) is 22.8. The molecule has 0 radical (unpaired) electrons. The third-order valence-corrected chi connectivity index (χ3v) is 7.47. The number of aryl methyl sites for hydroxylation is 1. The highest BCUT2D eigenvalue weighted by Crippen LogP contribution is 2.34. The average Bonchev–Trinajstić information content (AvgIpc) is 3.62. The minimum atomic E-state index is -0.252. The molecule has 4 heterocycles. The number of aromatic nitrogens is 3. The Labute approximate surface area is 200 Å². The van der Waals surface area contributed by atoms with Gasteiger partial charge in [-0.25, -0.2) is 5.01 Å². The van der Waals surface area contributed by atoms with Gasteiger partial charge in [-0.1, -0.05) is 47.7 Å². The highest BCUT2D eigenvalue weighted by Gasteiger charge is 2.35. The van der Waals surface area contributed by atoms with Crippen LogP contribution in [0, 0.1) is 6.92 Å². The summed E-state index contributed by atoms with van der Waals surface area (Å²) in [5, 5.41) is 17.6. The number of nitrogens with zero attached hydrogens (tertiary/aromatic N) is 5. The van der Waals surface area contributed by atoms with Crippen LogP contribution in [0.25, 0.3) is 0 Å². The Balaban J connectivity index is 1.31. The molecule has 0 bridgehead atoms. The van der Waals surface area contributed by atoms with Gasteiger partial charge in [0.2, 0.25) is 0 Å². The Kier molecular flexibility index (Phi) is 6.15. The van der Waals surface area contributed by atoms with E-state index in [9.17, 15) is 4.79 Å². The number of thiophene rings is 1. The largest absolute Gasteiger partial charge is 0.467 e. The topological polar surface area (TPSA) is 76.5 Å².